The number of aromatic amines is 1. The average Bonchev–Trinajstić information content (AvgIpc) is 3.07. The Kier molecular flexibility index (Phi) is 4.35. The van der Waals surface area contributed by atoms with Crippen molar-refractivity contribution in [1.29, 1.82) is 0 Å². The monoisotopic (exact) mass is 345 g/mol. The number of hydrogen-bond donors (Lipinski definition) is 1. The summed E-state index contributed by atoms with van der Waals surface area (Å²) in [5.41, 5.74) is 2.02. The van der Waals surface area contributed by atoms with E-state index in [1.165, 1.54) is 11.3 Å². The Morgan fingerprint density at radius 1 is 1.48 bits per heavy atom. The van der Waals surface area contributed by atoms with Gasteiger partial charge in [-0.05, 0) is 25.2 Å². The third-order valence-corrected chi connectivity index (χ3v) is 4.47. The number of carbonyl (C=O) groups excluding carboxylic acids is 1. The molecule has 0 bridgehead atoms. The molecule has 0 aliphatic rings. The van der Waals surface area contributed by atoms with Crippen molar-refractivity contribution in [1.82, 2.24) is 19.3 Å². The maximum Gasteiger partial charge on any atom is 0.268 e. The van der Waals surface area contributed by atoms with Crippen LogP contribution in [0, 0.1) is 11.7 Å². The quantitative estimate of drug-likeness (QED) is 0.742. The maximum absolute atomic E-state index is 12.3. The fraction of sp³-hybridized carbons (Fsp3) is 0.200. The highest BCUT2D eigenvalue weighted by atomic mass is 32.1. The van der Waals surface area contributed by atoms with Crippen molar-refractivity contribution in [2.45, 2.75) is 13.5 Å². The van der Waals surface area contributed by atoms with Gasteiger partial charge in [-0.2, -0.15) is 10.1 Å². The minimum atomic E-state index is -0.269. The van der Waals surface area contributed by atoms with Gasteiger partial charge in [-0.25, -0.2) is 0 Å². The smallest absolute Gasteiger partial charge is 0.268 e. The van der Waals surface area contributed by atoms with Crippen LogP contribution in [0.4, 0.5) is 0 Å². The largest absolute Gasteiger partial charge is 0.327 e. The summed E-state index contributed by atoms with van der Waals surface area (Å²) in [6, 6.07) is 7.90. The summed E-state index contributed by atoms with van der Waals surface area (Å²) in [6.45, 7) is 2.06. The van der Waals surface area contributed by atoms with Crippen molar-refractivity contribution in [2.75, 3.05) is 0 Å². The second kappa shape index (κ2) is 6.43. The first kappa shape index (κ1) is 15.6. The number of carbonyl (C=O) groups is 1. The molecule has 3 rings (SSSR count). The van der Waals surface area contributed by atoms with Gasteiger partial charge in [-0.3, -0.25) is 14.5 Å². The molecular formula is C15H15N5OS2. The molecule has 0 aliphatic heterocycles. The number of H-pyrrole nitrogens is 1. The van der Waals surface area contributed by atoms with E-state index in [1.807, 2.05) is 49.8 Å². The number of hydrogen-bond acceptors (Lipinski definition) is 4. The third-order valence-electron chi connectivity index (χ3n) is 3.31. The number of thiazole rings is 1. The van der Waals surface area contributed by atoms with E-state index in [-0.39, 0.29) is 12.5 Å². The van der Waals surface area contributed by atoms with E-state index in [0.29, 0.717) is 15.4 Å². The van der Waals surface area contributed by atoms with Crippen LogP contribution < -0.4 is 4.80 Å². The Morgan fingerprint density at radius 3 is 3.00 bits per heavy atom. The van der Waals surface area contributed by atoms with Gasteiger partial charge in [-0.1, -0.05) is 23.8 Å². The van der Waals surface area contributed by atoms with Crippen LogP contribution in [0.1, 0.15) is 5.56 Å². The van der Waals surface area contributed by atoms with Crippen molar-refractivity contribution in [3.63, 3.8) is 0 Å². The van der Waals surface area contributed by atoms with Crippen LogP contribution in [0.5, 0.6) is 0 Å². The molecule has 2 aromatic heterocycles. The number of amides is 1. The van der Waals surface area contributed by atoms with Gasteiger partial charge in [-0.15, -0.1) is 11.3 Å². The number of aryl methyl sites for hydroxylation is 2. The number of nitrogens with one attached hydrogen (secondary N) is 1. The lowest BCUT2D eigenvalue weighted by molar-refractivity contribution is -0.118. The highest BCUT2D eigenvalue weighted by Gasteiger charge is 2.12. The van der Waals surface area contributed by atoms with Crippen molar-refractivity contribution in [2.24, 2.45) is 12.0 Å². The first-order chi connectivity index (χ1) is 11.0. The van der Waals surface area contributed by atoms with Crippen LogP contribution in [0.3, 0.4) is 0 Å². The Balaban J connectivity index is 1.95. The summed E-state index contributed by atoms with van der Waals surface area (Å²) in [5, 5.41) is 8.88. The van der Waals surface area contributed by atoms with E-state index in [2.05, 4.69) is 15.2 Å². The summed E-state index contributed by atoms with van der Waals surface area (Å²) >= 11 is 6.66. The molecule has 6 nitrogen and oxygen atoms in total. The topological polar surface area (TPSA) is 68.0 Å². The summed E-state index contributed by atoms with van der Waals surface area (Å²) in [5.74, 6) is 0.368. The molecule has 0 atom stereocenters. The fourth-order valence-corrected chi connectivity index (χ4v) is 3.12. The van der Waals surface area contributed by atoms with Crippen molar-refractivity contribution in [3.8, 4) is 11.4 Å². The van der Waals surface area contributed by atoms with E-state index >= 15 is 0 Å². The van der Waals surface area contributed by atoms with Gasteiger partial charge in [0, 0.05) is 24.2 Å². The highest BCUT2D eigenvalue weighted by molar-refractivity contribution is 7.71. The molecule has 23 heavy (non-hydrogen) atoms. The lowest BCUT2D eigenvalue weighted by Gasteiger charge is -2.05. The summed E-state index contributed by atoms with van der Waals surface area (Å²) in [7, 11) is 1.85. The van der Waals surface area contributed by atoms with E-state index in [9.17, 15) is 4.79 Å². The molecule has 1 aromatic carbocycles. The minimum Gasteiger partial charge on any atom is -0.327 e. The molecule has 0 aliphatic carbocycles. The second-order valence-electron chi connectivity index (χ2n) is 5.11. The van der Waals surface area contributed by atoms with E-state index < -0.39 is 0 Å². The minimum absolute atomic E-state index is 0.0521. The molecule has 1 N–H and O–H groups in total. The Bertz CT molecular complexity index is 976. The van der Waals surface area contributed by atoms with Crippen LogP contribution in [0.15, 0.2) is 40.8 Å². The summed E-state index contributed by atoms with van der Waals surface area (Å²) in [6.07, 6.45) is 1.86. The zero-order valence-corrected chi connectivity index (χ0v) is 14.3. The molecule has 0 saturated carbocycles. The molecule has 0 fully saturated rings. The predicted octanol–water partition coefficient (Wildman–Crippen LogP) is 2.44. The average molecular weight is 345 g/mol. The van der Waals surface area contributed by atoms with E-state index in [1.54, 1.807) is 9.13 Å². The Labute approximate surface area is 141 Å². The van der Waals surface area contributed by atoms with Crippen LogP contribution in [0.25, 0.3) is 11.4 Å². The molecule has 1 amide bonds. The Morgan fingerprint density at radius 2 is 2.30 bits per heavy atom. The SMILES string of the molecule is Cc1cccc(-c2n[nH]c(=S)n2CC(=O)N=c2sccn2C)c1. The number of benzene rings is 1. The predicted molar refractivity (Wildman–Crippen MR) is 91.4 cm³/mol. The van der Waals surface area contributed by atoms with Crippen LogP contribution in [-0.2, 0) is 18.4 Å². The fourth-order valence-electron chi connectivity index (χ4n) is 2.18. The molecule has 2 heterocycles. The lowest BCUT2D eigenvalue weighted by atomic mass is 10.1. The molecule has 8 heteroatoms. The molecule has 0 radical (unpaired) electrons. The molecule has 0 saturated heterocycles. The normalized spacial score (nSPS) is 11.8. The maximum atomic E-state index is 12.3. The Hall–Kier alpha value is -2.32. The molecule has 118 valence electrons. The van der Waals surface area contributed by atoms with E-state index in [4.69, 9.17) is 12.2 Å². The van der Waals surface area contributed by atoms with Gasteiger partial charge < -0.3 is 4.57 Å². The lowest BCUT2D eigenvalue weighted by Crippen LogP contribution is -2.16. The number of rotatable bonds is 3. The first-order valence-electron chi connectivity index (χ1n) is 6.94. The van der Waals surface area contributed by atoms with Gasteiger partial charge in [0.25, 0.3) is 5.91 Å². The summed E-state index contributed by atoms with van der Waals surface area (Å²) < 4.78 is 3.88. The highest BCUT2D eigenvalue weighted by Crippen LogP contribution is 2.18. The van der Waals surface area contributed by atoms with Crippen molar-refractivity contribution < 1.29 is 4.79 Å². The number of nitrogens with zero attached hydrogens (tertiary/aromatic N) is 4. The first-order valence-corrected chi connectivity index (χ1v) is 8.23. The zero-order chi connectivity index (χ0) is 16.4. The third kappa shape index (κ3) is 3.38. The van der Waals surface area contributed by atoms with Crippen molar-refractivity contribution >= 4 is 29.5 Å². The van der Waals surface area contributed by atoms with Crippen LogP contribution in [0.2, 0.25) is 0 Å². The standard InChI is InChI=1S/C15H15N5OS2/c1-10-4-3-5-11(8-10)13-17-18-14(22)20(13)9-12(21)16-15-19(2)6-7-23-15/h3-8H,9H2,1-2H3,(H,18,22). The van der Waals surface area contributed by atoms with Gasteiger partial charge in [0.05, 0.1) is 0 Å². The van der Waals surface area contributed by atoms with Gasteiger partial charge in [0.15, 0.2) is 15.4 Å². The van der Waals surface area contributed by atoms with Gasteiger partial charge >= 0.3 is 0 Å². The second-order valence-corrected chi connectivity index (χ2v) is 6.37. The molecule has 0 unspecified atom stereocenters. The van der Waals surface area contributed by atoms with E-state index in [0.717, 1.165) is 11.1 Å². The zero-order valence-electron chi connectivity index (χ0n) is 12.7. The van der Waals surface area contributed by atoms with Crippen molar-refractivity contribution in [3.05, 3.63) is 51.0 Å². The number of aromatic nitrogens is 4. The van der Waals surface area contributed by atoms with Crippen LogP contribution in [-0.4, -0.2) is 25.2 Å². The molecule has 0 spiro atoms. The molecular weight excluding hydrogens is 330 g/mol. The summed E-state index contributed by atoms with van der Waals surface area (Å²) in [4.78, 5) is 17.0. The van der Waals surface area contributed by atoms with Gasteiger partial charge in [0.2, 0.25) is 0 Å². The van der Waals surface area contributed by atoms with Crippen LogP contribution >= 0.6 is 23.6 Å². The molecule has 3 aromatic rings. The van der Waals surface area contributed by atoms with Gasteiger partial charge in [0.1, 0.15) is 6.54 Å².